The van der Waals surface area contributed by atoms with Crippen LogP contribution in [0, 0.1) is 0 Å². The van der Waals surface area contributed by atoms with Crippen LogP contribution in [-0.4, -0.2) is 0 Å². The Kier molecular flexibility index (Phi) is 3.33. The van der Waals surface area contributed by atoms with Crippen LogP contribution in [0.15, 0.2) is 24.3 Å². The summed E-state index contributed by atoms with van der Waals surface area (Å²) in [5.74, 6) is 0.643. The van der Waals surface area contributed by atoms with Gasteiger partial charge in [-0.3, -0.25) is 0 Å². The molecule has 1 nitrogen and oxygen atoms in total. The topological polar surface area (TPSA) is 26.0 Å². The SMILES string of the molecule is CCC(C)c1ccc(C(C)(C)N)cc1. The molecule has 0 fully saturated rings. The van der Waals surface area contributed by atoms with Crippen molar-refractivity contribution in [3.8, 4) is 0 Å². The molecule has 0 aliphatic heterocycles. The number of hydrogen-bond donors (Lipinski definition) is 1. The van der Waals surface area contributed by atoms with Gasteiger partial charge in [0, 0.05) is 5.54 Å². The summed E-state index contributed by atoms with van der Waals surface area (Å²) < 4.78 is 0. The molecule has 0 aliphatic carbocycles. The maximum Gasteiger partial charge on any atom is 0.0352 e. The van der Waals surface area contributed by atoms with E-state index in [0.29, 0.717) is 5.92 Å². The second-order valence-corrected chi connectivity index (χ2v) is 4.65. The Hall–Kier alpha value is -0.820. The van der Waals surface area contributed by atoms with Crippen molar-refractivity contribution in [1.82, 2.24) is 0 Å². The first-order valence-corrected chi connectivity index (χ1v) is 5.34. The lowest BCUT2D eigenvalue weighted by Crippen LogP contribution is -2.28. The van der Waals surface area contributed by atoms with E-state index in [9.17, 15) is 0 Å². The predicted octanol–water partition coefficient (Wildman–Crippen LogP) is 3.39. The molecule has 1 aromatic rings. The van der Waals surface area contributed by atoms with Crippen molar-refractivity contribution in [2.24, 2.45) is 5.73 Å². The predicted molar refractivity (Wildman–Crippen MR) is 62.4 cm³/mol. The van der Waals surface area contributed by atoms with Crippen LogP contribution in [-0.2, 0) is 5.54 Å². The molecule has 0 bridgehead atoms. The molecule has 0 aromatic heterocycles. The second-order valence-electron chi connectivity index (χ2n) is 4.65. The van der Waals surface area contributed by atoms with Crippen molar-refractivity contribution in [3.63, 3.8) is 0 Å². The van der Waals surface area contributed by atoms with Gasteiger partial charge in [0.1, 0.15) is 0 Å². The van der Waals surface area contributed by atoms with E-state index in [0.717, 1.165) is 0 Å². The van der Waals surface area contributed by atoms with Crippen LogP contribution in [0.2, 0.25) is 0 Å². The summed E-state index contributed by atoms with van der Waals surface area (Å²) in [4.78, 5) is 0. The third kappa shape index (κ3) is 2.58. The summed E-state index contributed by atoms with van der Waals surface area (Å²) >= 11 is 0. The summed E-state index contributed by atoms with van der Waals surface area (Å²) in [6.07, 6.45) is 1.19. The van der Waals surface area contributed by atoms with E-state index in [-0.39, 0.29) is 5.54 Å². The minimum atomic E-state index is -0.228. The quantitative estimate of drug-likeness (QED) is 0.778. The van der Waals surface area contributed by atoms with Crippen molar-refractivity contribution in [3.05, 3.63) is 35.4 Å². The fourth-order valence-electron chi connectivity index (χ4n) is 1.48. The zero-order valence-corrected chi connectivity index (χ0v) is 9.67. The van der Waals surface area contributed by atoms with Gasteiger partial charge in [0.05, 0.1) is 0 Å². The minimum absolute atomic E-state index is 0.228. The molecule has 0 saturated heterocycles. The maximum absolute atomic E-state index is 6.02. The van der Waals surface area contributed by atoms with Gasteiger partial charge in [0.15, 0.2) is 0 Å². The van der Waals surface area contributed by atoms with Crippen LogP contribution in [0.25, 0.3) is 0 Å². The van der Waals surface area contributed by atoms with Crippen LogP contribution in [0.1, 0.15) is 51.2 Å². The van der Waals surface area contributed by atoms with Crippen molar-refractivity contribution in [2.45, 2.75) is 45.6 Å². The summed E-state index contributed by atoms with van der Waals surface area (Å²) in [7, 11) is 0. The zero-order chi connectivity index (χ0) is 10.8. The number of hydrogen-bond acceptors (Lipinski definition) is 1. The zero-order valence-electron chi connectivity index (χ0n) is 9.67. The highest BCUT2D eigenvalue weighted by molar-refractivity contribution is 5.28. The van der Waals surface area contributed by atoms with E-state index in [1.54, 1.807) is 0 Å². The van der Waals surface area contributed by atoms with Gasteiger partial charge >= 0.3 is 0 Å². The fourth-order valence-corrected chi connectivity index (χ4v) is 1.48. The molecule has 0 radical (unpaired) electrons. The molecule has 78 valence electrons. The van der Waals surface area contributed by atoms with Gasteiger partial charge in [-0.15, -0.1) is 0 Å². The highest BCUT2D eigenvalue weighted by Gasteiger charge is 2.13. The maximum atomic E-state index is 6.02. The van der Waals surface area contributed by atoms with Crippen LogP contribution in [0.3, 0.4) is 0 Å². The van der Waals surface area contributed by atoms with Gasteiger partial charge in [-0.25, -0.2) is 0 Å². The molecule has 1 unspecified atom stereocenters. The third-order valence-electron chi connectivity index (χ3n) is 2.84. The monoisotopic (exact) mass is 191 g/mol. The molecule has 0 aliphatic rings. The van der Waals surface area contributed by atoms with Crippen molar-refractivity contribution in [1.29, 1.82) is 0 Å². The Morgan fingerprint density at radius 1 is 1.21 bits per heavy atom. The van der Waals surface area contributed by atoms with Gasteiger partial charge in [-0.1, -0.05) is 38.1 Å². The van der Waals surface area contributed by atoms with Gasteiger partial charge in [0.2, 0.25) is 0 Å². The van der Waals surface area contributed by atoms with Crippen LogP contribution >= 0.6 is 0 Å². The van der Waals surface area contributed by atoms with Crippen molar-refractivity contribution < 1.29 is 0 Å². The highest BCUT2D eigenvalue weighted by atomic mass is 14.7. The Morgan fingerprint density at radius 3 is 2.07 bits per heavy atom. The molecular formula is C13H21N. The summed E-state index contributed by atoms with van der Waals surface area (Å²) in [5.41, 5.74) is 8.39. The Morgan fingerprint density at radius 2 is 1.71 bits per heavy atom. The van der Waals surface area contributed by atoms with E-state index in [1.165, 1.54) is 17.5 Å². The van der Waals surface area contributed by atoms with Gasteiger partial charge in [-0.2, -0.15) is 0 Å². The van der Waals surface area contributed by atoms with E-state index in [1.807, 2.05) is 13.8 Å². The fraction of sp³-hybridized carbons (Fsp3) is 0.538. The van der Waals surface area contributed by atoms with E-state index in [4.69, 9.17) is 5.73 Å². The molecule has 2 N–H and O–H groups in total. The van der Waals surface area contributed by atoms with E-state index >= 15 is 0 Å². The van der Waals surface area contributed by atoms with Gasteiger partial charge in [0.25, 0.3) is 0 Å². The molecule has 0 spiro atoms. The first kappa shape index (κ1) is 11.3. The van der Waals surface area contributed by atoms with Gasteiger partial charge in [-0.05, 0) is 37.3 Å². The van der Waals surface area contributed by atoms with E-state index < -0.39 is 0 Å². The first-order valence-electron chi connectivity index (χ1n) is 5.34. The molecule has 0 amide bonds. The normalized spacial score (nSPS) is 14.1. The molecule has 0 heterocycles. The minimum Gasteiger partial charge on any atom is -0.322 e. The molecule has 14 heavy (non-hydrogen) atoms. The summed E-state index contributed by atoms with van der Waals surface area (Å²) in [6.45, 7) is 8.53. The summed E-state index contributed by atoms with van der Waals surface area (Å²) in [6, 6.07) is 8.67. The second kappa shape index (κ2) is 4.14. The Balaban J connectivity index is 2.89. The van der Waals surface area contributed by atoms with Gasteiger partial charge < -0.3 is 5.73 Å². The molecule has 1 heteroatoms. The largest absolute Gasteiger partial charge is 0.322 e. The number of rotatable bonds is 3. The average Bonchev–Trinajstić information content (AvgIpc) is 2.15. The Bertz CT molecular complexity index is 279. The smallest absolute Gasteiger partial charge is 0.0352 e. The van der Waals surface area contributed by atoms with Crippen LogP contribution in [0.4, 0.5) is 0 Å². The highest BCUT2D eigenvalue weighted by Crippen LogP contribution is 2.22. The van der Waals surface area contributed by atoms with Crippen molar-refractivity contribution >= 4 is 0 Å². The lowest BCUT2D eigenvalue weighted by atomic mass is 9.91. The average molecular weight is 191 g/mol. The number of benzene rings is 1. The number of nitrogens with two attached hydrogens (primary N) is 1. The van der Waals surface area contributed by atoms with Crippen molar-refractivity contribution in [2.75, 3.05) is 0 Å². The third-order valence-corrected chi connectivity index (χ3v) is 2.84. The molecule has 1 rings (SSSR count). The Labute approximate surface area is 87.3 Å². The standard InChI is InChI=1S/C13H21N/c1-5-10(2)11-6-8-12(9-7-11)13(3,4)14/h6-10H,5,14H2,1-4H3. The lowest BCUT2D eigenvalue weighted by Gasteiger charge is -2.20. The molecule has 0 saturated carbocycles. The summed E-state index contributed by atoms with van der Waals surface area (Å²) in [5, 5.41) is 0. The van der Waals surface area contributed by atoms with Crippen LogP contribution < -0.4 is 5.73 Å². The van der Waals surface area contributed by atoms with E-state index in [2.05, 4.69) is 38.1 Å². The molecular weight excluding hydrogens is 170 g/mol. The molecule has 1 aromatic carbocycles. The molecule has 1 atom stereocenters. The first-order chi connectivity index (χ1) is 6.45. The lowest BCUT2D eigenvalue weighted by molar-refractivity contribution is 0.554. The van der Waals surface area contributed by atoms with Crippen LogP contribution in [0.5, 0.6) is 0 Å².